The highest BCUT2D eigenvalue weighted by Crippen LogP contribution is 2.52. The third kappa shape index (κ3) is 5.33. The molecule has 0 atom stereocenters. The summed E-state index contributed by atoms with van der Waals surface area (Å²) in [5, 5.41) is 5.68. The number of hydrogen-bond donors (Lipinski definition) is 0. The van der Waals surface area contributed by atoms with Crippen LogP contribution in [0.15, 0.2) is 206 Å². The van der Waals surface area contributed by atoms with Gasteiger partial charge in [-0.15, -0.1) is 0 Å². The number of aromatic nitrogens is 3. The van der Waals surface area contributed by atoms with Crippen molar-refractivity contribution in [3.05, 3.63) is 206 Å². The minimum Gasteiger partial charge on any atom is -0.453 e. The summed E-state index contributed by atoms with van der Waals surface area (Å²) in [6.45, 7) is 0. The van der Waals surface area contributed by atoms with Crippen LogP contribution in [0.25, 0.3) is 82.9 Å². The molecule has 11 aromatic rings. The van der Waals surface area contributed by atoms with Crippen LogP contribution in [0.4, 0.5) is 17.1 Å². The first-order valence-electron chi connectivity index (χ1n) is 19.9. The van der Waals surface area contributed by atoms with E-state index in [0.717, 1.165) is 89.2 Å². The van der Waals surface area contributed by atoms with Gasteiger partial charge in [-0.2, -0.15) is 0 Å². The summed E-state index contributed by atoms with van der Waals surface area (Å²) in [5.74, 6) is 2.27. The molecule has 9 aromatic carbocycles. The van der Waals surface area contributed by atoms with Crippen molar-refractivity contribution in [2.45, 2.75) is 0 Å². The Morgan fingerprint density at radius 2 is 1.10 bits per heavy atom. The highest BCUT2D eigenvalue weighted by atomic mass is 16.5. The second kappa shape index (κ2) is 13.3. The Labute approximate surface area is 340 Å². The fraction of sp³-hybridized carbons (Fsp3) is 0. The minimum absolute atomic E-state index is 0.627. The lowest BCUT2D eigenvalue weighted by molar-refractivity contribution is 0.477. The van der Waals surface area contributed by atoms with E-state index in [-0.39, 0.29) is 0 Å². The third-order valence-corrected chi connectivity index (χ3v) is 11.6. The van der Waals surface area contributed by atoms with Gasteiger partial charge in [-0.05, 0) is 93.7 Å². The Hall–Kier alpha value is -8.02. The Morgan fingerprint density at radius 1 is 0.407 bits per heavy atom. The van der Waals surface area contributed by atoms with Gasteiger partial charge in [0.1, 0.15) is 0 Å². The van der Waals surface area contributed by atoms with Gasteiger partial charge < -0.3 is 9.64 Å². The average molecular weight is 755 g/mol. The summed E-state index contributed by atoms with van der Waals surface area (Å²) in [5.41, 5.74) is 12.5. The third-order valence-electron chi connectivity index (χ3n) is 11.6. The Bertz CT molecular complexity index is 3430. The molecule has 5 heteroatoms. The van der Waals surface area contributed by atoms with Crippen LogP contribution in [0.1, 0.15) is 0 Å². The number of benzene rings is 9. The van der Waals surface area contributed by atoms with Crippen molar-refractivity contribution in [1.82, 2.24) is 14.5 Å². The maximum Gasteiger partial charge on any atom is 0.235 e. The van der Waals surface area contributed by atoms with E-state index < -0.39 is 0 Å². The first-order chi connectivity index (χ1) is 29.3. The lowest BCUT2D eigenvalue weighted by atomic mass is 9.96. The molecule has 5 nitrogen and oxygen atoms in total. The lowest BCUT2D eigenvalue weighted by Crippen LogP contribution is -2.15. The van der Waals surface area contributed by atoms with E-state index in [0.29, 0.717) is 5.95 Å². The highest BCUT2D eigenvalue weighted by Gasteiger charge is 2.27. The molecular formula is C54H34N4O. The zero-order chi connectivity index (χ0) is 38.9. The Morgan fingerprint density at radius 3 is 2.00 bits per heavy atom. The fourth-order valence-corrected chi connectivity index (χ4v) is 8.92. The number of fused-ring (bicyclic) bond motifs is 8. The van der Waals surface area contributed by atoms with Crippen LogP contribution in [0.2, 0.25) is 0 Å². The van der Waals surface area contributed by atoms with E-state index >= 15 is 0 Å². The van der Waals surface area contributed by atoms with E-state index in [1.807, 2.05) is 12.1 Å². The summed E-state index contributed by atoms with van der Waals surface area (Å²) in [6, 6.07) is 72.5. The molecule has 0 unspecified atom stereocenters. The van der Waals surface area contributed by atoms with Gasteiger partial charge >= 0.3 is 0 Å². The molecule has 0 N–H and O–H groups in total. The smallest absolute Gasteiger partial charge is 0.235 e. The van der Waals surface area contributed by atoms with E-state index in [4.69, 9.17) is 14.7 Å². The first kappa shape index (κ1) is 33.2. The van der Waals surface area contributed by atoms with Gasteiger partial charge in [0, 0.05) is 27.4 Å². The molecule has 0 radical (unpaired) electrons. The molecule has 2 aromatic heterocycles. The fourth-order valence-electron chi connectivity index (χ4n) is 8.92. The largest absolute Gasteiger partial charge is 0.453 e. The van der Waals surface area contributed by atoms with Crippen LogP contribution < -0.4 is 9.64 Å². The molecule has 0 saturated heterocycles. The number of nitrogens with zero attached hydrogens (tertiary/aromatic N) is 4. The number of rotatable bonds is 5. The van der Waals surface area contributed by atoms with Crippen molar-refractivity contribution in [2.24, 2.45) is 0 Å². The summed E-state index contributed by atoms with van der Waals surface area (Å²) in [6.07, 6.45) is 0. The van der Waals surface area contributed by atoms with Crippen molar-refractivity contribution in [3.8, 4) is 51.0 Å². The molecule has 0 fully saturated rings. The first-order valence-corrected chi connectivity index (χ1v) is 19.9. The van der Waals surface area contributed by atoms with Crippen molar-refractivity contribution < 1.29 is 4.74 Å². The molecule has 0 bridgehead atoms. The van der Waals surface area contributed by atoms with E-state index in [9.17, 15) is 0 Å². The zero-order valence-corrected chi connectivity index (χ0v) is 31.8. The monoisotopic (exact) mass is 754 g/mol. The van der Waals surface area contributed by atoms with Crippen LogP contribution in [-0.4, -0.2) is 14.5 Å². The highest BCUT2D eigenvalue weighted by molar-refractivity contribution is 6.25. The topological polar surface area (TPSA) is 43.2 Å². The van der Waals surface area contributed by atoms with Crippen molar-refractivity contribution >= 4 is 60.5 Å². The number of ether oxygens (including phenoxy) is 1. The summed E-state index contributed by atoms with van der Waals surface area (Å²) < 4.78 is 8.81. The Balaban J connectivity index is 1.11. The van der Waals surface area contributed by atoms with Crippen LogP contribution >= 0.6 is 0 Å². The van der Waals surface area contributed by atoms with Crippen LogP contribution in [0.5, 0.6) is 11.5 Å². The van der Waals surface area contributed by atoms with Crippen molar-refractivity contribution in [2.75, 3.05) is 4.90 Å². The molecule has 3 heterocycles. The lowest BCUT2D eigenvalue weighted by Gasteiger charge is -2.33. The quantitative estimate of drug-likeness (QED) is 0.175. The normalized spacial score (nSPS) is 12.2. The van der Waals surface area contributed by atoms with Crippen LogP contribution in [-0.2, 0) is 0 Å². The average Bonchev–Trinajstić information content (AvgIpc) is 3.66. The molecule has 59 heavy (non-hydrogen) atoms. The van der Waals surface area contributed by atoms with Crippen LogP contribution in [0, 0.1) is 0 Å². The molecule has 12 rings (SSSR count). The van der Waals surface area contributed by atoms with Gasteiger partial charge in [-0.1, -0.05) is 146 Å². The maximum absolute atomic E-state index is 6.55. The maximum atomic E-state index is 6.55. The van der Waals surface area contributed by atoms with Gasteiger partial charge in [-0.3, -0.25) is 4.57 Å². The van der Waals surface area contributed by atoms with Crippen molar-refractivity contribution in [1.29, 1.82) is 0 Å². The van der Waals surface area contributed by atoms with E-state index in [1.165, 1.54) is 16.3 Å². The number of anilines is 3. The van der Waals surface area contributed by atoms with Crippen molar-refractivity contribution in [3.63, 3.8) is 0 Å². The molecule has 276 valence electrons. The Kier molecular flexibility index (Phi) is 7.47. The standard InChI is InChI=1S/C54H34N4O/c1-3-15-35(16-4-1)37-18-13-19-39(33-37)53-43-23-9-10-25-44(43)55-54(56-53)58-46-27-14-24-42(52(46)51-41-22-8-7-17-36(41)29-31-47(51)58)38-30-32-50-48(34-38)57(40-20-5-2-6-21-40)45-26-11-12-28-49(45)59-50/h1-34H. The zero-order valence-electron chi connectivity index (χ0n) is 31.8. The summed E-state index contributed by atoms with van der Waals surface area (Å²) in [4.78, 5) is 13.1. The van der Waals surface area contributed by atoms with E-state index in [1.54, 1.807) is 0 Å². The summed E-state index contributed by atoms with van der Waals surface area (Å²) in [7, 11) is 0. The molecule has 0 amide bonds. The molecule has 0 spiro atoms. The van der Waals surface area contributed by atoms with Gasteiger partial charge in [0.2, 0.25) is 5.95 Å². The predicted octanol–water partition coefficient (Wildman–Crippen LogP) is 14.5. The van der Waals surface area contributed by atoms with Gasteiger partial charge in [-0.25, -0.2) is 9.97 Å². The molecule has 1 aliphatic heterocycles. The number of hydrogen-bond acceptors (Lipinski definition) is 4. The molecule has 0 aliphatic carbocycles. The molecular weight excluding hydrogens is 721 g/mol. The molecule has 1 aliphatic rings. The van der Waals surface area contributed by atoms with Gasteiger partial charge in [0.05, 0.1) is 33.6 Å². The van der Waals surface area contributed by atoms with Gasteiger partial charge in [0.15, 0.2) is 11.5 Å². The second-order valence-corrected chi connectivity index (χ2v) is 15.0. The minimum atomic E-state index is 0.627. The second-order valence-electron chi connectivity index (χ2n) is 15.0. The SMILES string of the molecule is c1ccc(-c2cccc(-c3nc(-n4c5cccc(-c6ccc7c(c6)N(c6ccccc6)c6ccccc6O7)c5c5c6ccccc6ccc54)nc4ccccc34)c2)cc1. The predicted molar refractivity (Wildman–Crippen MR) is 242 cm³/mol. The summed E-state index contributed by atoms with van der Waals surface area (Å²) >= 11 is 0. The molecule has 0 saturated carbocycles. The van der Waals surface area contributed by atoms with E-state index in [2.05, 4.69) is 204 Å². The van der Waals surface area contributed by atoms with Crippen LogP contribution in [0.3, 0.4) is 0 Å². The number of para-hydroxylation sites is 4. The van der Waals surface area contributed by atoms with Gasteiger partial charge in [0.25, 0.3) is 0 Å².